The summed E-state index contributed by atoms with van der Waals surface area (Å²) in [5.74, 6) is -8.39. The molecule has 0 heterocycles. The fourth-order valence-corrected chi connectivity index (χ4v) is 10.3. The molecule has 0 aliphatic heterocycles. The maximum absolute atomic E-state index is 15.3. The number of sulfonamides is 2. The molecular formula is C30H45F6NO7S3. The molecule has 3 fully saturated rings. The SMILES string of the molecule is CC.CS(=O)(=O)NS(=O)(=O)C(F)(F)C(F)(F)C(F)(F)S(=O)(=O)Oc1c(C2CCCCC2)cc(C2CCCCC2)cc1C1CCCCC1. The van der Waals surface area contributed by atoms with Crippen molar-refractivity contribution in [2.45, 2.75) is 144 Å². The lowest BCUT2D eigenvalue weighted by molar-refractivity contribution is -0.245. The molecule has 47 heavy (non-hydrogen) atoms. The zero-order chi connectivity index (χ0) is 35.5. The molecule has 0 unspecified atom stereocenters. The molecule has 272 valence electrons. The van der Waals surface area contributed by atoms with E-state index in [4.69, 9.17) is 4.18 Å². The average molecular weight is 742 g/mol. The lowest BCUT2D eigenvalue weighted by atomic mass is 9.75. The lowest BCUT2D eigenvalue weighted by Crippen LogP contribution is -2.63. The zero-order valence-corrected chi connectivity index (χ0v) is 29.3. The highest BCUT2D eigenvalue weighted by molar-refractivity contribution is 8.05. The normalized spacial score (nSPS) is 20.4. The molecule has 0 bridgehead atoms. The number of hydrogen-bond donors (Lipinski definition) is 1. The van der Waals surface area contributed by atoms with E-state index in [-0.39, 0.29) is 39.3 Å². The zero-order valence-electron chi connectivity index (χ0n) is 26.8. The van der Waals surface area contributed by atoms with Crippen molar-refractivity contribution in [3.05, 3.63) is 28.8 Å². The second kappa shape index (κ2) is 15.1. The molecule has 3 saturated carbocycles. The van der Waals surface area contributed by atoms with Crippen LogP contribution in [0.3, 0.4) is 0 Å². The molecule has 0 spiro atoms. The van der Waals surface area contributed by atoms with Gasteiger partial charge < -0.3 is 4.18 Å². The van der Waals surface area contributed by atoms with Crippen LogP contribution in [0.5, 0.6) is 5.75 Å². The number of nitrogens with one attached hydrogen (secondary N) is 1. The van der Waals surface area contributed by atoms with E-state index in [1.807, 2.05) is 13.8 Å². The first-order valence-electron chi connectivity index (χ1n) is 16.2. The Bertz CT molecular complexity index is 1510. The first-order chi connectivity index (χ1) is 21.7. The summed E-state index contributed by atoms with van der Waals surface area (Å²) in [6.07, 6.45) is 11.5. The van der Waals surface area contributed by atoms with Gasteiger partial charge in [0.05, 0.1) is 6.26 Å². The largest absolute Gasteiger partial charge is 0.450 e. The van der Waals surface area contributed by atoms with Gasteiger partial charge in [-0.2, -0.15) is 34.8 Å². The van der Waals surface area contributed by atoms with Crippen molar-refractivity contribution >= 4 is 30.2 Å². The second-order valence-electron chi connectivity index (χ2n) is 12.5. The first-order valence-corrected chi connectivity index (χ1v) is 21.0. The summed E-state index contributed by atoms with van der Waals surface area (Å²) in [7, 11) is -19.3. The summed E-state index contributed by atoms with van der Waals surface area (Å²) < 4.78 is 167. The highest BCUT2D eigenvalue weighted by Crippen LogP contribution is 2.53. The lowest BCUT2D eigenvalue weighted by Gasteiger charge is -2.34. The van der Waals surface area contributed by atoms with Gasteiger partial charge in [0.15, 0.2) is 0 Å². The fourth-order valence-electron chi connectivity index (χ4n) is 6.81. The highest BCUT2D eigenvalue weighted by atomic mass is 32.3. The van der Waals surface area contributed by atoms with E-state index >= 15 is 8.78 Å². The van der Waals surface area contributed by atoms with Crippen LogP contribution in [0.25, 0.3) is 0 Å². The summed E-state index contributed by atoms with van der Waals surface area (Å²) in [6.45, 7) is 4.00. The quantitative estimate of drug-likeness (QED) is 0.179. The van der Waals surface area contributed by atoms with E-state index < -0.39 is 52.3 Å². The van der Waals surface area contributed by atoms with Crippen molar-refractivity contribution in [1.29, 1.82) is 0 Å². The number of hydrogen-bond acceptors (Lipinski definition) is 7. The summed E-state index contributed by atoms with van der Waals surface area (Å²) >= 11 is 0. The van der Waals surface area contributed by atoms with Crippen LogP contribution in [-0.2, 0) is 30.2 Å². The Kier molecular flexibility index (Phi) is 12.8. The number of rotatable bonds is 11. The van der Waals surface area contributed by atoms with Gasteiger partial charge in [0.1, 0.15) is 5.75 Å². The second-order valence-corrected chi connectivity index (χ2v) is 17.9. The molecule has 1 aromatic rings. The Labute approximate surface area is 274 Å². The Hall–Kier alpha value is -1.59. The molecule has 3 aliphatic carbocycles. The molecule has 0 aromatic heterocycles. The van der Waals surface area contributed by atoms with Crippen LogP contribution in [0.15, 0.2) is 12.1 Å². The minimum atomic E-state index is -7.16. The maximum Gasteiger partial charge on any atom is 0.450 e. The number of alkyl halides is 6. The molecule has 1 aromatic carbocycles. The average Bonchev–Trinajstić information content (AvgIpc) is 3.01. The molecule has 0 saturated heterocycles. The van der Waals surface area contributed by atoms with Crippen LogP contribution in [0.1, 0.15) is 145 Å². The van der Waals surface area contributed by atoms with Crippen molar-refractivity contribution in [3.63, 3.8) is 0 Å². The van der Waals surface area contributed by atoms with E-state index in [1.54, 1.807) is 12.1 Å². The number of benzene rings is 1. The predicted molar refractivity (Wildman–Crippen MR) is 167 cm³/mol. The molecule has 1 N–H and O–H groups in total. The van der Waals surface area contributed by atoms with E-state index in [2.05, 4.69) is 0 Å². The monoisotopic (exact) mass is 741 g/mol. The Morgan fingerprint density at radius 2 is 0.979 bits per heavy atom. The van der Waals surface area contributed by atoms with Crippen molar-refractivity contribution in [3.8, 4) is 5.75 Å². The van der Waals surface area contributed by atoms with Gasteiger partial charge in [-0.15, -0.1) is 4.13 Å². The van der Waals surface area contributed by atoms with Gasteiger partial charge in [-0.3, -0.25) is 0 Å². The van der Waals surface area contributed by atoms with E-state index in [1.165, 1.54) is 0 Å². The summed E-state index contributed by atoms with van der Waals surface area (Å²) in [5, 5.41) is -13.7. The van der Waals surface area contributed by atoms with Gasteiger partial charge >= 0.3 is 26.5 Å². The third-order valence-corrected chi connectivity index (χ3v) is 13.5. The minimum absolute atomic E-state index is 0.00727. The van der Waals surface area contributed by atoms with E-state index in [9.17, 15) is 42.8 Å². The third-order valence-electron chi connectivity index (χ3n) is 9.17. The van der Waals surface area contributed by atoms with Crippen molar-refractivity contribution in [2.24, 2.45) is 0 Å². The third kappa shape index (κ3) is 8.42. The Morgan fingerprint density at radius 1 is 0.617 bits per heavy atom. The fraction of sp³-hybridized carbons (Fsp3) is 0.800. The van der Waals surface area contributed by atoms with Crippen LogP contribution in [0, 0.1) is 0 Å². The van der Waals surface area contributed by atoms with E-state index in [0.717, 1.165) is 76.2 Å². The van der Waals surface area contributed by atoms with Crippen LogP contribution in [-0.4, -0.2) is 47.9 Å². The van der Waals surface area contributed by atoms with Gasteiger partial charge in [-0.25, -0.2) is 16.8 Å². The van der Waals surface area contributed by atoms with Gasteiger partial charge in [0.2, 0.25) is 10.0 Å². The topological polar surface area (TPSA) is 124 Å². The van der Waals surface area contributed by atoms with Crippen LogP contribution in [0.4, 0.5) is 26.3 Å². The summed E-state index contributed by atoms with van der Waals surface area (Å²) in [4.78, 5) is 0. The summed E-state index contributed by atoms with van der Waals surface area (Å²) in [5.41, 5.74) is 1.33. The van der Waals surface area contributed by atoms with Gasteiger partial charge in [0, 0.05) is 0 Å². The molecule has 17 heteroatoms. The molecule has 0 radical (unpaired) electrons. The van der Waals surface area contributed by atoms with Crippen LogP contribution in [0.2, 0.25) is 0 Å². The van der Waals surface area contributed by atoms with Crippen molar-refractivity contribution in [1.82, 2.24) is 4.13 Å². The number of halogens is 6. The van der Waals surface area contributed by atoms with Crippen molar-refractivity contribution in [2.75, 3.05) is 6.26 Å². The van der Waals surface area contributed by atoms with Crippen LogP contribution < -0.4 is 8.31 Å². The molecule has 0 atom stereocenters. The van der Waals surface area contributed by atoms with Gasteiger partial charge in [-0.05, 0) is 73.0 Å². The molecule has 0 amide bonds. The minimum Gasteiger partial charge on any atom is -0.377 e. The summed E-state index contributed by atoms with van der Waals surface area (Å²) in [6, 6.07) is 3.35. The molecular weight excluding hydrogens is 697 g/mol. The Morgan fingerprint density at radius 3 is 1.34 bits per heavy atom. The standard InChI is InChI=1S/C28H39F6NO7S3.C2H6/c1-43(36,37)35-44(38,39)27(31,32)26(29,30)28(33,34)45(40,41)42-25-23(20-13-7-3-8-14-20)17-22(19-11-5-2-6-12-19)18-24(25)21-15-9-4-10-16-21;1-2/h17-21,35H,2-16H2,1H3;1-2H3. The molecule has 3 aliphatic rings. The smallest absolute Gasteiger partial charge is 0.377 e. The predicted octanol–water partition coefficient (Wildman–Crippen LogP) is 8.26. The van der Waals surface area contributed by atoms with Crippen molar-refractivity contribution < 1.29 is 55.8 Å². The van der Waals surface area contributed by atoms with E-state index in [0.29, 0.717) is 25.7 Å². The maximum atomic E-state index is 15.3. The first kappa shape index (κ1) is 39.8. The van der Waals surface area contributed by atoms with Gasteiger partial charge in [-0.1, -0.05) is 83.8 Å². The molecule has 4 rings (SSSR count). The van der Waals surface area contributed by atoms with Crippen LogP contribution >= 0.6 is 0 Å². The van der Waals surface area contributed by atoms with Gasteiger partial charge in [0.25, 0.3) is 10.0 Å². The Balaban J connectivity index is 0.00000294. The molecule has 8 nitrogen and oxygen atoms in total. The highest BCUT2D eigenvalue weighted by Gasteiger charge is 2.83.